The number of aromatic carboxylic acids is 1. The van der Waals surface area contributed by atoms with Crippen molar-refractivity contribution in [2.45, 2.75) is 53.9 Å². The van der Waals surface area contributed by atoms with Gasteiger partial charge in [0.2, 0.25) is 0 Å². The van der Waals surface area contributed by atoms with E-state index in [1.165, 1.54) is 0 Å². The zero-order valence-corrected chi connectivity index (χ0v) is 12.9. The van der Waals surface area contributed by atoms with Crippen LogP contribution >= 0.6 is 0 Å². The topological polar surface area (TPSA) is 37.3 Å². The number of carboxylic acid groups (broad SMARTS) is 1. The third-order valence-electron chi connectivity index (χ3n) is 3.43. The third-order valence-corrected chi connectivity index (χ3v) is 3.43. The molecule has 0 heterocycles. The fourth-order valence-corrected chi connectivity index (χ4v) is 2.49. The number of carboxylic acids is 1. The average Bonchev–Trinajstić information content (AvgIpc) is 2.23. The van der Waals surface area contributed by atoms with Crippen LogP contribution in [0.1, 0.15) is 69.8 Å². The van der Waals surface area contributed by atoms with Gasteiger partial charge in [0.25, 0.3) is 0 Å². The highest BCUT2D eigenvalue weighted by atomic mass is 16.4. The van der Waals surface area contributed by atoms with Crippen LogP contribution in [0.15, 0.2) is 24.3 Å². The normalized spacial score (nSPS) is 14.2. The van der Waals surface area contributed by atoms with E-state index in [2.05, 4.69) is 41.5 Å². The van der Waals surface area contributed by atoms with E-state index in [0.717, 1.165) is 12.0 Å². The Labute approximate surface area is 116 Å². The van der Waals surface area contributed by atoms with Gasteiger partial charge in [0.05, 0.1) is 5.56 Å². The van der Waals surface area contributed by atoms with Crippen LogP contribution < -0.4 is 0 Å². The molecule has 0 bridgehead atoms. The quantitative estimate of drug-likeness (QED) is 0.836. The minimum Gasteiger partial charge on any atom is -0.478 e. The number of hydrogen-bond donors (Lipinski definition) is 1. The molecule has 0 spiro atoms. The van der Waals surface area contributed by atoms with Gasteiger partial charge in [0.1, 0.15) is 0 Å². The highest BCUT2D eigenvalue weighted by Crippen LogP contribution is 2.44. The van der Waals surface area contributed by atoms with Gasteiger partial charge in [-0.2, -0.15) is 0 Å². The first-order valence-electron chi connectivity index (χ1n) is 6.84. The highest BCUT2D eigenvalue weighted by Gasteiger charge is 2.32. The van der Waals surface area contributed by atoms with Crippen molar-refractivity contribution in [3.05, 3.63) is 35.4 Å². The Morgan fingerprint density at radius 3 is 2.05 bits per heavy atom. The van der Waals surface area contributed by atoms with Crippen molar-refractivity contribution in [2.75, 3.05) is 0 Å². The molecule has 0 saturated carbocycles. The fourth-order valence-electron chi connectivity index (χ4n) is 2.49. The molecular formula is C17H26O2. The molecule has 0 saturated heterocycles. The van der Waals surface area contributed by atoms with Crippen molar-refractivity contribution in [3.8, 4) is 0 Å². The Morgan fingerprint density at radius 2 is 1.63 bits per heavy atom. The molecule has 0 aliphatic heterocycles. The Bertz CT molecular complexity index is 447. The molecule has 1 N–H and O–H groups in total. The molecule has 0 fully saturated rings. The second-order valence-corrected chi connectivity index (χ2v) is 7.58. The standard InChI is InChI=1S/C17H26O2/c1-16(2,3)11-14(17(4,5)6)12-9-7-8-10-13(12)15(18)19/h7-10,14H,11H2,1-6H3,(H,18,19). The maximum atomic E-state index is 11.4. The van der Waals surface area contributed by atoms with Gasteiger partial charge in [-0.1, -0.05) is 59.7 Å². The highest BCUT2D eigenvalue weighted by molar-refractivity contribution is 5.89. The summed E-state index contributed by atoms with van der Waals surface area (Å²) in [5, 5.41) is 9.38. The van der Waals surface area contributed by atoms with Crippen molar-refractivity contribution in [3.63, 3.8) is 0 Å². The summed E-state index contributed by atoms with van der Waals surface area (Å²) in [6.07, 6.45) is 0.973. The van der Waals surface area contributed by atoms with Crippen LogP contribution in [0.2, 0.25) is 0 Å². The summed E-state index contributed by atoms with van der Waals surface area (Å²) < 4.78 is 0. The molecule has 1 aromatic rings. The van der Waals surface area contributed by atoms with E-state index in [1.54, 1.807) is 12.1 Å². The molecule has 0 aliphatic carbocycles. The Kier molecular flexibility index (Phi) is 4.44. The maximum absolute atomic E-state index is 11.4. The van der Waals surface area contributed by atoms with E-state index in [9.17, 15) is 9.90 Å². The smallest absolute Gasteiger partial charge is 0.335 e. The van der Waals surface area contributed by atoms with Crippen LogP contribution in [0.3, 0.4) is 0 Å². The molecule has 0 radical (unpaired) electrons. The van der Waals surface area contributed by atoms with Crippen LogP contribution in [0.4, 0.5) is 0 Å². The van der Waals surface area contributed by atoms with Gasteiger partial charge in [0.15, 0.2) is 0 Å². The van der Waals surface area contributed by atoms with Crippen LogP contribution in [0, 0.1) is 10.8 Å². The molecule has 1 aromatic carbocycles. The maximum Gasteiger partial charge on any atom is 0.335 e. The van der Waals surface area contributed by atoms with Crippen molar-refractivity contribution >= 4 is 5.97 Å². The monoisotopic (exact) mass is 262 g/mol. The second kappa shape index (κ2) is 5.36. The molecule has 106 valence electrons. The van der Waals surface area contributed by atoms with Crippen LogP contribution in [0.25, 0.3) is 0 Å². The minimum absolute atomic E-state index is 0.0405. The van der Waals surface area contributed by atoms with Crippen LogP contribution in [-0.2, 0) is 0 Å². The molecule has 2 nitrogen and oxygen atoms in total. The molecule has 19 heavy (non-hydrogen) atoms. The molecule has 0 amide bonds. The first-order chi connectivity index (χ1) is 8.52. The summed E-state index contributed by atoms with van der Waals surface area (Å²) in [6.45, 7) is 13.2. The van der Waals surface area contributed by atoms with E-state index >= 15 is 0 Å². The van der Waals surface area contributed by atoms with Crippen molar-refractivity contribution in [2.24, 2.45) is 10.8 Å². The van der Waals surface area contributed by atoms with E-state index in [-0.39, 0.29) is 16.7 Å². The predicted octanol–water partition coefficient (Wildman–Crippen LogP) is 4.95. The van der Waals surface area contributed by atoms with Gasteiger partial charge < -0.3 is 5.11 Å². The average molecular weight is 262 g/mol. The summed E-state index contributed by atoms with van der Waals surface area (Å²) in [5.41, 5.74) is 1.60. The zero-order valence-electron chi connectivity index (χ0n) is 12.9. The van der Waals surface area contributed by atoms with Crippen molar-refractivity contribution < 1.29 is 9.90 Å². The summed E-state index contributed by atoms with van der Waals surface area (Å²) >= 11 is 0. The molecule has 1 rings (SSSR count). The van der Waals surface area contributed by atoms with Gasteiger partial charge in [-0.15, -0.1) is 0 Å². The fraction of sp³-hybridized carbons (Fsp3) is 0.588. The lowest BCUT2D eigenvalue weighted by Gasteiger charge is -2.36. The molecule has 1 unspecified atom stereocenters. The SMILES string of the molecule is CC(C)(C)CC(c1ccccc1C(=O)O)C(C)(C)C. The van der Waals surface area contributed by atoms with Gasteiger partial charge in [-0.3, -0.25) is 0 Å². The third kappa shape index (κ3) is 4.38. The van der Waals surface area contributed by atoms with Crippen molar-refractivity contribution in [1.82, 2.24) is 0 Å². The molecular weight excluding hydrogens is 236 g/mol. The first kappa shape index (κ1) is 15.7. The van der Waals surface area contributed by atoms with Crippen molar-refractivity contribution in [1.29, 1.82) is 0 Å². The van der Waals surface area contributed by atoms with E-state index in [4.69, 9.17) is 0 Å². The largest absolute Gasteiger partial charge is 0.478 e. The molecule has 2 heteroatoms. The lowest BCUT2D eigenvalue weighted by molar-refractivity contribution is 0.0693. The van der Waals surface area contributed by atoms with Gasteiger partial charge >= 0.3 is 5.97 Å². The van der Waals surface area contributed by atoms with Gasteiger partial charge in [-0.05, 0) is 34.8 Å². The second-order valence-electron chi connectivity index (χ2n) is 7.58. The van der Waals surface area contributed by atoms with Crippen LogP contribution in [-0.4, -0.2) is 11.1 Å². The number of rotatable bonds is 3. The summed E-state index contributed by atoms with van der Waals surface area (Å²) in [7, 11) is 0. The predicted molar refractivity (Wildman–Crippen MR) is 79.7 cm³/mol. The van der Waals surface area contributed by atoms with Gasteiger partial charge in [0, 0.05) is 0 Å². The zero-order chi connectivity index (χ0) is 14.8. The van der Waals surface area contributed by atoms with E-state index in [1.807, 2.05) is 12.1 Å². The number of hydrogen-bond acceptors (Lipinski definition) is 1. The van der Waals surface area contributed by atoms with E-state index < -0.39 is 5.97 Å². The summed E-state index contributed by atoms with van der Waals surface area (Å²) in [4.78, 5) is 11.4. The van der Waals surface area contributed by atoms with Crippen LogP contribution in [0.5, 0.6) is 0 Å². The summed E-state index contributed by atoms with van der Waals surface area (Å²) in [6, 6.07) is 7.40. The number of carbonyl (C=O) groups is 1. The lowest BCUT2D eigenvalue weighted by Crippen LogP contribution is -2.25. The lowest BCUT2D eigenvalue weighted by atomic mass is 9.68. The van der Waals surface area contributed by atoms with E-state index in [0.29, 0.717) is 5.56 Å². The van der Waals surface area contributed by atoms with Gasteiger partial charge in [-0.25, -0.2) is 4.79 Å². The molecule has 0 aromatic heterocycles. The molecule has 0 aliphatic rings. The Morgan fingerprint density at radius 1 is 1.11 bits per heavy atom. The Balaban J connectivity index is 3.30. The number of benzene rings is 1. The Hall–Kier alpha value is -1.31. The first-order valence-corrected chi connectivity index (χ1v) is 6.84. The summed E-state index contributed by atoms with van der Waals surface area (Å²) in [5.74, 6) is -0.599. The minimum atomic E-state index is -0.834. The molecule has 1 atom stereocenters.